The van der Waals surface area contributed by atoms with Crippen molar-refractivity contribution in [3.63, 3.8) is 0 Å². The summed E-state index contributed by atoms with van der Waals surface area (Å²) < 4.78 is 18.0. The maximum atomic E-state index is 13.0. The van der Waals surface area contributed by atoms with Crippen LogP contribution >= 0.6 is 0 Å². The molecule has 0 unspecified atom stereocenters. The van der Waals surface area contributed by atoms with Crippen LogP contribution in [0.2, 0.25) is 0 Å². The number of nitrogens with zero attached hydrogens (tertiary/aromatic N) is 1. The molecule has 0 bridgehead atoms. The molecule has 0 spiro atoms. The number of hydrogen-bond donors (Lipinski definition) is 0. The summed E-state index contributed by atoms with van der Waals surface area (Å²) in [4.78, 5) is 24.6. The number of likely N-dealkylation sites (N-methyl/N-ethyl adjacent to an activating group) is 1. The minimum absolute atomic E-state index is 0.140. The van der Waals surface area contributed by atoms with Crippen LogP contribution in [0.1, 0.15) is 30.1 Å². The largest absolute Gasteiger partial charge is 0.464 e. The molecule has 0 aromatic heterocycles. The number of unbranched alkanes of at least 4 members (excludes halogenated alkanes) is 1. The molecule has 0 saturated carbocycles. The Balaban J connectivity index is 2.51. The number of halogens is 1. The quantitative estimate of drug-likeness (QED) is 0.586. The Kier molecular flexibility index (Phi) is 5.99. The fourth-order valence-corrected chi connectivity index (χ4v) is 1.48. The number of rotatable bonds is 6. The molecule has 19 heavy (non-hydrogen) atoms. The number of hydrogen-bond acceptors (Lipinski definition) is 3. The van der Waals surface area contributed by atoms with E-state index in [0.717, 1.165) is 18.9 Å². The van der Waals surface area contributed by atoms with Gasteiger partial charge in [-0.15, -0.1) is 0 Å². The molecular weight excluding hydrogens is 249 g/mol. The van der Waals surface area contributed by atoms with Gasteiger partial charge in [0.25, 0.3) is 5.91 Å². The van der Waals surface area contributed by atoms with Gasteiger partial charge >= 0.3 is 5.97 Å². The van der Waals surface area contributed by atoms with Crippen molar-refractivity contribution < 1.29 is 18.7 Å². The van der Waals surface area contributed by atoms with Gasteiger partial charge in [-0.2, -0.15) is 0 Å². The molecule has 0 aliphatic heterocycles. The van der Waals surface area contributed by atoms with E-state index in [1.54, 1.807) is 0 Å². The van der Waals surface area contributed by atoms with Crippen LogP contribution in [0.15, 0.2) is 24.3 Å². The highest BCUT2D eigenvalue weighted by molar-refractivity contribution is 5.95. The van der Waals surface area contributed by atoms with E-state index in [4.69, 9.17) is 4.74 Å². The maximum Gasteiger partial charge on any atom is 0.325 e. The fraction of sp³-hybridized carbons (Fsp3) is 0.429. The van der Waals surface area contributed by atoms with Gasteiger partial charge in [-0.25, -0.2) is 4.39 Å². The minimum atomic E-state index is -0.482. The summed E-state index contributed by atoms with van der Waals surface area (Å²) in [6, 6.07) is 5.36. The van der Waals surface area contributed by atoms with E-state index in [1.807, 2.05) is 6.92 Å². The Morgan fingerprint density at radius 1 is 1.37 bits per heavy atom. The molecule has 0 fully saturated rings. The maximum absolute atomic E-state index is 13.0. The second kappa shape index (κ2) is 7.51. The summed E-state index contributed by atoms with van der Waals surface area (Å²) >= 11 is 0. The van der Waals surface area contributed by atoms with Crippen molar-refractivity contribution >= 4 is 11.9 Å². The van der Waals surface area contributed by atoms with Crippen molar-refractivity contribution in [2.45, 2.75) is 19.8 Å². The van der Waals surface area contributed by atoms with Crippen LogP contribution in [0.25, 0.3) is 0 Å². The van der Waals surface area contributed by atoms with Crippen LogP contribution in [0.3, 0.4) is 0 Å². The molecule has 0 aliphatic carbocycles. The Hall–Kier alpha value is -1.91. The number of carbonyl (C=O) groups is 2. The summed E-state index contributed by atoms with van der Waals surface area (Å²) in [5.74, 6) is -1.35. The van der Waals surface area contributed by atoms with Crippen molar-refractivity contribution in [3.05, 3.63) is 35.6 Å². The molecule has 5 heteroatoms. The molecule has 1 aromatic carbocycles. The first-order valence-corrected chi connectivity index (χ1v) is 6.21. The van der Waals surface area contributed by atoms with E-state index in [-0.39, 0.29) is 12.1 Å². The summed E-state index contributed by atoms with van der Waals surface area (Å²) in [7, 11) is 1.48. The summed E-state index contributed by atoms with van der Waals surface area (Å²) in [5, 5.41) is 0. The van der Waals surface area contributed by atoms with Crippen molar-refractivity contribution in [1.29, 1.82) is 0 Å². The first kappa shape index (κ1) is 15.1. The highest BCUT2D eigenvalue weighted by atomic mass is 19.1. The third-order valence-electron chi connectivity index (χ3n) is 2.55. The zero-order valence-corrected chi connectivity index (χ0v) is 11.2. The lowest BCUT2D eigenvalue weighted by molar-refractivity contribution is -0.144. The van der Waals surface area contributed by atoms with Gasteiger partial charge in [0, 0.05) is 12.6 Å². The number of benzene rings is 1. The second-order valence-electron chi connectivity index (χ2n) is 4.25. The zero-order valence-electron chi connectivity index (χ0n) is 11.2. The van der Waals surface area contributed by atoms with E-state index in [2.05, 4.69) is 0 Å². The second-order valence-corrected chi connectivity index (χ2v) is 4.25. The van der Waals surface area contributed by atoms with Crippen molar-refractivity contribution in [1.82, 2.24) is 4.90 Å². The normalized spacial score (nSPS) is 10.1. The molecule has 0 radical (unpaired) electrons. The molecule has 1 rings (SSSR count). The SMILES string of the molecule is CCCCOC(=O)CN(C)C(=O)c1cccc(F)c1. The van der Waals surface area contributed by atoms with E-state index < -0.39 is 17.7 Å². The first-order valence-electron chi connectivity index (χ1n) is 6.21. The lowest BCUT2D eigenvalue weighted by atomic mass is 10.2. The van der Waals surface area contributed by atoms with E-state index in [9.17, 15) is 14.0 Å². The van der Waals surface area contributed by atoms with Gasteiger partial charge < -0.3 is 9.64 Å². The van der Waals surface area contributed by atoms with Crippen LogP contribution in [0, 0.1) is 5.82 Å². The average Bonchev–Trinajstić information content (AvgIpc) is 2.38. The Bertz CT molecular complexity index is 448. The van der Waals surface area contributed by atoms with Gasteiger partial charge in [-0.3, -0.25) is 9.59 Å². The van der Waals surface area contributed by atoms with Crippen LogP contribution in [0.5, 0.6) is 0 Å². The van der Waals surface area contributed by atoms with Gasteiger partial charge in [0.15, 0.2) is 0 Å². The van der Waals surface area contributed by atoms with Crippen molar-refractivity contribution in [3.8, 4) is 0 Å². The molecule has 0 saturated heterocycles. The van der Waals surface area contributed by atoms with Crippen LogP contribution < -0.4 is 0 Å². The molecule has 0 N–H and O–H groups in total. The Labute approximate surface area is 112 Å². The third-order valence-corrected chi connectivity index (χ3v) is 2.55. The van der Waals surface area contributed by atoms with E-state index >= 15 is 0 Å². The molecule has 104 valence electrons. The number of carbonyl (C=O) groups excluding carboxylic acids is 2. The number of ether oxygens (including phenoxy) is 1. The lowest BCUT2D eigenvalue weighted by Gasteiger charge is -2.16. The number of esters is 1. The highest BCUT2D eigenvalue weighted by Crippen LogP contribution is 2.06. The molecule has 0 atom stereocenters. The van der Waals surface area contributed by atoms with Crippen LogP contribution in [-0.4, -0.2) is 37.0 Å². The molecule has 1 aromatic rings. The van der Waals surface area contributed by atoms with Crippen LogP contribution in [-0.2, 0) is 9.53 Å². The highest BCUT2D eigenvalue weighted by Gasteiger charge is 2.15. The summed E-state index contributed by atoms with van der Waals surface area (Å²) in [6.07, 6.45) is 1.73. The van der Waals surface area contributed by atoms with E-state index in [0.29, 0.717) is 6.61 Å². The van der Waals surface area contributed by atoms with Gasteiger partial charge in [-0.05, 0) is 24.6 Å². The van der Waals surface area contributed by atoms with Crippen LogP contribution in [0.4, 0.5) is 4.39 Å². The summed E-state index contributed by atoms with van der Waals surface area (Å²) in [5.41, 5.74) is 0.212. The lowest BCUT2D eigenvalue weighted by Crippen LogP contribution is -2.33. The molecular formula is C14H18FNO3. The van der Waals surface area contributed by atoms with Crippen molar-refractivity contribution in [2.24, 2.45) is 0 Å². The summed E-state index contributed by atoms with van der Waals surface area (Å²) in [6.45, 7) is 2.21. The predicted octanol–water partition coefficient (Wildman–Crippen LogP) is 2.24. The Morgan fingerprint density at radius 2 is 2.11 bits per heavy atom. The number of amides is 1. The van der Waals surface area contributed by atoms with E-state index in [1.165, 1.54) is 30.1 Å². The van der Waals surface area contributed by atoms with Gasteiger partial charge in [0.2, 0.25) is 0 Å². The van der Waals surface area contributed by atoms with Gasteiger partial charge in [0.1, 0.15) is 12.4 Å². The monoisotopic (exact) mass is 267 g/mol. The molecule has 4 nitrogen and oxygen atoms in total. The predicted molar refractivity (Wildman–Crippen MR) is 69.2 cm³/mol. The molecule has 0 heterocycles. The molecule has 0 aliphatic rings. The fourth-order valence-electron chi connectivity index (χ4n) is 1.48. The third kappa shape index (κ3) is 5.07. The topological polar surface area (TPSA) is 46.6 Å². The smallest absolute Gasteiger partial charge is 0.325 e. The van der Waals surface area contributed by atoms with Crippen molar-refractivity contribution in [2.75, 3.05) is 20.2 Å². The minimum Gasteiger partial charge on any atom is -0.464 e. The first-order chi connectivity index (χ1) is 9.04. The average molecular weight is 267 g/mol. The Morgan fingerprint density at radius 3 is 2.74 bits per heavy atom. The standard InChI is InChI=1S/C14H18FNO3/c1-3-4-8-19-13(17)10-16(2)14(18)11-6-5-7-12(15)9-11/h5-7,9H,3-4,8,10H2,1-2H3. The van der Waals surface area contributed by atoms with Gasteiger partial charge in [0.05, 0.1) is 6.61 Å². The zero-order chi connectivity index (χ0) is 14.3. The molecule has 1 amide bonds. The van der Waals surface area contributed by atoms with Gasteiger partial charge in [-0.1, -0.05) is 19.4 Å².